The minimum atomic E-state index is -0.0846. The Bertz CT molecular complexity index is 1160. The summed E-state index contributed by atoms with van der Waals surface area (Å²) >= 11 is 0. The van der Waals surface area contributed by atoms with Crippen molar-refractivity contribution in [2.24, 2.45) is 0 Å². The van der Waals surface area contributed by atoms with Crippen LogP contribution in [0.15, 0.2) is 54.6 Å². The molecule has 0 aliphatic heterocycles. The van der Waals surface area contributed by atoms with Gasteiger partial charge in [-0.15, -0.1) is 0 Å². The first kappa shape index (κ1) is 21.5. The van der Waals surface area contributed by atoms with E-state index in [1.165, 1.54) is 0 Å². The van der Waals surface area contributed by atoms with Crippen LogP contribution in [0, 0.1) is 0 Å². The maximum Gasteiger partial charge on any atom is 0.254 e. The molecule has 2 aliphatic rings. The van der Waals surface area contributed by atoms with Gasteiger partial charge in [-0.25, -0.2) is 0 Å². The molecule has 1 saturated carbocycles. The van der Waals surface area contributed by atoms with E-state index in [0.29, 0.717) is 23.4 Å². The molecule has 2 N–H and O–H groups in total. The van der Waals surface area contributed by atoms with Crippen LogP contribution in [0.1, 0.15) is 82.8 Å². The molecule has 0 spiro atoms. The summed E-state index contributed by atoms with van der Waals surface area (Å²) in [5, 5.41) is 3.26. The number of aromatic nitrogens is 1. The Balaban J connectivity index is 1.62. The van der Waals surface area contributed by atoms with Gasteiger partial charge in [0.15, 0.2) is 5.78 Å². The normalized spacial score (nSPS) is 20.5. The number of carbonyl (C=O) groups excluding carboxylic acids is 2. The molecule has 1 amide bonds. The number of H-pyrrole nitrogens is 1. The average molecular weight is 443 g/mol. The number of amides is 1. The molecule has 5 heteroatoms. The maximum atomic E-state index is 13.7. The molecule has 33 heavy (non-hydrogen) atoms. The van der Waals surface area contributed by atoms with Gasteiger partial charge in [0, 0.05) is 12.5 Å². The van der Waals surface area contributed by atoms with E-state index in [2.05, 4.69) is 29.4 Å². The molecule has 5 nitrogen and oxygen atoms in total. The summed E-state index contributed by atoms with van der Waals surface area (Å²) in [6, 6.07) is 18.0. The first-order chi connectivity index (χ1) is 16.1. The van der Waals surface area contributed by atoms with Crippen LogP contribution in [0.5, 0.6) is 5.75 Å². The monoisotopic (exact) mass is 442 g/mol. The van der Waals surface area contributed by atoms with Gasteiger partial charge in [0.25, 0.3) is 5.91 Å². The van der Waals surface area contributed by atoms with Gasteiger partial charge in [-0.1, -0.05) is 50.1 Å². The smallest absolute Gasteiger partial charge is 0.254 e. The summed E-state index contributed by atoms with van der Waals surface area (Å²) in [4.78, 5) is 30.3. The van der Waals surface area contributed by atoms with Crippen molar-refractivity contribution >= 4 is 11.7 Å². The molecule has 1 fully saturated rings. The van der Waals surface area contributed by atoms with Gasteiger partial charge in [-0.3, -0.25) is 9.59 Å². The fraction of sp³-hybridized carbons (Fsp3) is 0.357. The number of rotatable bonds is 5. The first-order valence-electron chi connectivity index (χ1n) is 11.9. The molecular weight excluding hydrogens is 412 g/mol. The molecule has 5 rings (SSSR count). The summed E-state index contributed by atoms with van der Waals surface area (Å²) in [5.74, 6) is 0.808. The van der Waals surface area contributed by atoms with Crippen molar-refractivity contribution in [3.8, 4) is 17.0 Å². The molecule has 170 valence electrons. The second-order valence-electron chi connectivity index (χ2n) is 9.28. The number of methoxy groups -OCH3 is 1. The molecular formula is C28H30N2O3. The number of fused-ring (bicyclic) bond motifs is 1. The SMILES string of the molecule is COc1ccc(-c2[nH]c3c(c2C(=O)NC2CCCC2)[C@@H](C)[C@H](c2ccccc2)CC3=O)cc1. The van der Waals surface area contributed by atoms with Crippen molar-refractivity contribution in [2.45, 2.75) is 56.9 Å². The van der Waals surface area contributed by atoms with Crippen LogP contribution in [-0.4, -0.2) is 29.8 Å². The highest BCUT2D eigenvalue weighted by Crippen LogP contribution is 2.46. The number of nitrogens with one attached hydrogen (secondary N) is 2. The molecule has 0 radical (unpaired) electrons. The van der Waals surface area contributed by atoms with E-state index in [-0.39, 0.29) is 29.6 Å². The minimum absolute atomic E-state index is 0.0349. The van der Waals surface area contributed by atoms with Crippen molar-refractivity contribution in [2.75, 3.05) is 7.11 Å². The van der Waals surface area contributed by atoms with Crippen molar-refractivity contribution in [3.05, 3.63) is 77.0 Å². The Hall–Kier alpha value is -3.34. The van der Waals surface area contributed by atoms with Gasteiger partial charge in [0.2, 0.25) is 0 Å². The molecule has 2 aromatic carbocycles. The van der Waals surface area contributed by atoms with E-state index in [9.17, 15) is 9.59 Å². The zero-order valence-electron chi connectivity index (χ0n) is 19.2. The molecule has 0 bridgehead atoms. The van der Waals surface area contributed by atoms with E-state index in [1.54, 1.807) is 7.11 Å². The second-order valence-corrected chi connectivity index (χ2v) is 9.28. The molecule has 1 heterocycles. The lowest BCUT2D eigenvalue weighted by atomic mass is 9.73. The summed E-state index contributed by atoms with van der Waals surface area (Å²) < 4.78 is 5.31. The third kappa shape index (κ3) is 3.97. The fourth-order valence-electron chi connectivity index (χ4n) is 5.51. The highest BCUT2D eigenvalue weighted by atomic mass is 16.5. The van der Waals surface area contributed by atoms with Gasteiger partial charge >= 0.3 is 0 Å². The number of ether oxygens (including phenoxy) is 1. The number of benzene rings is 2. The molecule has 0 unspecified atom stereocenters. The number of hydrogen-bond acceptors (Lipinski definition) is 3. The Morgan fingerprint density at radius 2 is 1.70 bits per heavy atom. The van der Waals surface area contributed by atoms with Crippen LogP contribution in [0.2, 0.25) is 0 Å². The minimum Gasteiger partial charge on any atom is -0.497 e. The lowest BCUT2D eigenvalue weighted by Gasteiger charge is -2.29. The van der Waals surface area contributed by atoms with Crippen molar-refractivity contribution in [3.63, 3.8) is 0 Å². The summed E-state index contributed by atoms with van der Waals surface area (Å²) in [6.07, 6.45) is 4.75. The Morgan fingerprint density at radius 3 is 2.36 bits per heavy atom. The van der Waals surface area contributed by atoms with Gasteiger partial charge in [0.1, 0.15) is 5.75 Å². The zero-order valence-corrected chi connectivity index (χ0v) is 19.2. The number of carbonyl (C=O) groups is 2. The fourth-order valence-corrected chi connectivity index (χ4v) is 5.51. The van der Waals surface area contributed by atoms with Gasteiger partial charge < -0.3 is 15.0 Å². The molecule has 0 saturated heterocycles. The van der Waals surface area contributed by atoms with E-state index >= 15 is 0 Å². The van der Waals surface area contributed by atoms with Crippen LogP contribution in [0.4, 0.5) is 0 Å². The molecule has 1 aromatic heterocycles. The summed E-state index contributed by atoms with van der Waals surface area (Å²) in [7, 11) is 1.63. The van der Waals surface area contributed by atoms with Crippen molar-refractivity contribution in [1.82, 2.24) is 10.3 Å². The van der Waals surface area contributed by atoms with Crippen molar-refractivity contribution < 1.29 is 14.3 Å². The number of ketones is 1. The van der Waals surface area contributed by atoms with Gasteiger partial charge in [-0.2, -0.15) is 0 Å². The maximum absolute atomic E-state index is 13.7. The Morgan fingerprint density at radius 1 is 1.00 bits per heavy atom. The van der Waals surface area contributed by atoms with Crippen LogP contribution in [0.3, 0.4) is 0 Å². The summed E-state index contributed by atoms with van der Waals surface area (Å²) in [6.45, 7) is 2.14. The van der Waals surface area contributed by atoms with Crippen LogP contribution >= 0.6 is 0 Å². The van der Waals surface area contributed by atoms with Crippen molar-refractivity contribution in [1.29, 1.82) is 0 Å². The average Bonchev–Trinajstić information content (AvgIpc) is 3.50. The predicted molar refractivity (Wildman–Crippen MR) is 129 cm³/mol. The van der Waals surface area contributed by atoms with E-state index in [0.717, 1.165) is 48.1 Å². The number of Topliss-reactive ketones (excluding diaryl/α,β-unsaturated/α-hetero) is 1. The Kier molecular flexibility index (Phi) is 5.79. The van der Waals surface area contributed by atoms with Crippen LogP contribution < -0.4 is 10.1 Å². The van der Waals surface area contributed by atoms with E-state index in [1.807, 2.05) is 42.5 Å². The zero-order chi connectivity index (χ0) is 22.9. The highest BCUT2D eigenvalue weighted by molar-refractivity contribution is 6.08. The lowest BCUT2D eigenvalue weighted by molar-refractivity contribution is 0.0936. The predicted octanol–water partition coefficient (Wildman–Crippen LogP) is 5.84. The molecule has 3 aromatic rings. The summed E-state index contributed by atoms with van der Waals surface area (Å²) in [5.41, 5.74) is 4.77. The number of aromatic amines is 1. The largest absolute Gasteiger partial charge is 0.497 e. The topological polar surface area (TPSA) is 71.2 Å². The third-order valence-electron chi connectivity index (χ3n) is 7.31. The Labute approximate surface area is 194 Å². The number of hydrogen-bond donors (Lipinski definition) is 2. The second kappa shape index (κ2) is 8.89. The first-order valence-corrected chi connectivity index (χ1v) is 11.9. The standard InChI is InChI=1S/C28H30N2O3/c1-17-22(18-8-4-3-5-9-18)16-23(31)27-24(17)25(28(32)29-20-10-6-7-11-20)26(30-27)19-12-14-21(33-2)15-13-19/h3-5,8-9,12-15,17,20,22,30H,6-7,10-11,16H2,1-2H3,(H,29,32)/t17-,22+/m0/s1. The molecule has 2 aliphatic carbocycles. The lowest BCUT2D eigenvalue weighted by Crippen LogP contribution is -2.34. The van der Waals surface area contributed by atoms with Gasteiger partial charge in [-0.05, 0) is 65.6 Å². The molecule has 2 atom stereocenters. The van der Waals surface area contributed by atoms with Crippen LogP contribution in [0.25, 0.3) is 11.3 Å². The van der Waals surface area contributed by atoms with Gasteiger partial charge in [0.05, 0.1) is 24.1 Å². The highest BCUT2D eigenvalue weighted by Gasteiger charge is 2.39. The van der Waals surface area contributed by atoms with E-state index < -0.39 is 0 Å². The van der Waals surface area contributed by atoms with E-state index in [4.69, 9.17) is 4.74 Å². The third-order valence-corrected chi connectivity index (χ3v) is 7.31. The van der Waals surface area contributed by atoms with Crippen LogP contribution in [-0.2, 0) is 0 Å². The quantitative estimate of drug-likeness (QED) is 0.522.